The molecule has 0 aliphatic carbocycles. The number of aromatic hydroxyl groups is 1. The van der Waals surface area contributed by atoms with Gasteiger partial charge in [0.15, 0.2) is 0 Å². The Hall–Kier alpha value is -3.45. The zero-order valence-corrected chi connectivity index (χ0v) is 26.6. The highest BCUT2D eigenvalue weighted by atomic mass is 19.4. The SMILES string of the molecule is CCc1c(F)ccc2cc(O)cc(N3CCc4c(nc(OC[C@@]56CCCN5C[C@H](F)C6)nc4N4CCCN(CC(F)(F)F)CC4)C3)c12. The van der Waals surface area contributed by atoms with Crippen molar-refractivity contribution >= 4 is 22.3 Å². The van der Waals surface area contributed by atoms with Gasteiger partial charge in [-0.3, -0.25) is 9.80 Å². The molecule has 1 aromatic heterocycles. The predicted molar refractivity (Wildman–Crippen MR) is 170 cm³/mol. The number of phenolic OH excluding ortho intramolecular Hbond substituents is 1. The minimum atomic E-state index is -4.27. The number of hydrogen-bond acceptors (Lipinski definition) is 8. The van der Waals surface area contributed by atoms with Gasteiger partial charge in [0.1, 0.15) is 30.2 Å². The Morgan fingerprint density at radius 2 is 1.87 bits per heavy atom. The van der Waals surface area contributed by atoms with Crippen molar-refractivity contribution in [2.45, 2.75) is 69.9 Å². The van der Waals surface area contributed by atoms with Crippen LogP contribution in [0.4, 0.5) is 33.5 Å². The lowest BCUT2D eigenvalue weighted by Gasteiger charge is -2.35. The van der Waals surface area contributed by atoms with E-state index in [9.17, 15) is 27.1 Å². The fourth-order valence-corrected chi connectivity index (χ4v) is 8.23. The van der Waals surface area contributed by atoms with Crippen LogP contribution in [-0.2, 0) is 19.4 Å². The molecule has 4 aliphatic heterocycles. The lowest BCUT2D eigenvalue weighted by Crippen LogP contribution is -2.43. The zero-order chi connectivity index (χ0) is 32.9. The molecule has 13 heteroatoms. The molecule has 0 radical (unpaired) electrons. The van der Waals surface area contributed by atoms with E-state index >= 15 is 0 Å². The standard InChI is InChI=1S/C34H41F5N6O2/c1-2-25-27(36)6-5-22-15-24(46)16-29(30(22)25)44-12-7-26-28(19-44)40-32(47-21-33-8-3-11-45(33)18-23(35)17-33)41-31(26)43-10-4-9-42(13-14-43)20-34(37,38)39/h5-6,15-16,23,46H,2-4,7-14,17-21H2,1H3/t23-,33+/m1/s1. The topological polar surface area (TPSA) is 68.2 Å². The summed E-state index contributed by atoms with van der Waals surface area (Å²) in [6.07, 6.45) is -1.38. The molecule has 3 fully saturated rings. The summed E-state index contributed by atoms with van der Waals surface area (Å²) in [5.74, 6) is 0.443. The number of nitrogens with zero attached hydrogens (tertiary/aromatic N) is 6. The Bertz CT molecular complexity index is 1640. The maximum atomic E-state index is 15.0. The van der Waals surface area contributed by atoms with Crippen LogP contribution in [0.1, 0.15) is 49.4 Å². The number of aryl methyl sites for hydroxylation is 1. The first-order chi connectivity index (χ1) is 22.5. The second-order valence-electron chi connectivity index (χ2n) is 13.5. The summed E-state index contributed by atoms with van der Waals surface area (Å²) < 4.78 is 75.4. The van der Waals surface area contributed by atoms with Crippen molar-refractivity contribution in [3.63, 3.8) is 0 Å². The highest BCUT2D eigenvalue weighted by Gasteiger charge is 2.49. The third-order valence-electron chi connectivity index (χ3n) is 10.4. The van der Waals surface area contributed by atoms with Gasteiger partial charge in [0.05, 0.1) is 24.3 Å². The van der Waals surface area contributed by atoms with Crippen LogP contribution in [-0.4, -0.2) is 102 Å². The van der Waals surface area contributed by atoms with Crippen molar-refractivity contribution < 1.29 is 31.8 Å². The number of fused-ring (bicyclic) bond motifs is 3. The van der Waals surface area contributed by atoms with E-state index in [1.807, 2.05) is 11.8 Å². The molecule has 0 spiro atoms. The van der Waals surface area contributed by atoms with Crippen molar-refractivity contribution in [1.29, 1.82) is 0 Å². The summed E-state index contributed by atoms with van der Waals surface area (Å²) >= 11 is 0. The number of aromatic nitrogens is 2. The van der Waals surface area contributed by atoms with Crippen LogP contribution in [0.5, 0.6) is 11.8 Å². The van der Waals surface area contributed by atoms with Crippen molar-refractivity contribution in [2.75, 3.05) is 68.8 Å². The van der Waals surface area contributed by atoms with Crippen molar-refractivity contribution in [3.05, 3.63) is 46.9 Å². The number of phenols is 1. The molecule has 1 N–H and O–H groups in total. The van der Waals surface area contributed by atoms with Crippen LogP contribution in [0.15, 0.2) is 24.3 Å². The molecule has 8 nitrogen and oxygen atoms in total. The molecule has 0 saturated carbocycles. The van der Waals surface area contributed by atoms with Gasteiger partial charge < -0.3 is 19.6 Å². The third kappa shape index (κ3) is 6.40. The van der Waals surface area contributed by atoms with Gasteiger partial charge in [0, 0.05) is 68.4 Å². The normalized spacial score (nSPS) is 24.1. The van der Waals surface area contributed by atoms with Crippen molar-refractivity contribution in [2.24, 2.45) is 0 Å². The summed E-state index contributed by atoms with van der Waals surface area (Å²) in [6, 6.07) is 6.57. The van der Waals surface area contributed by atoms with Gasteiger partial charge in [0.2, 0.25) is 0 Å². The molecule has 7 rings (SSSR count). The van der Waals surface area contributed by atoms with Crippen LogP contribution in [0.2, 0.25) is 0 Å². The minimum absolute atomic E-state index is 0.0791. The minimum Gasteiger partial charge on any atom is -0.508 e. The molecule has 0 amide bonds. The van der Waals surface area contributed by atoms with Crippen LogP contribution < -0.4 is 14.5 Å². The summed E-state index contributed by atoms with van der Waals surface area (Å²) in [5, 5.41) is 12.1. The number of alkyl halides is 4. The maximum Gasteiger partial charge on any atom is 0.401 e. The molecule has 3 saturated heterocycles. The monoisotopic (exact) mass is 660 g/mol. The van der Waals surface area contributed by atoms with Crippen LogP contribution in [0.3, 0.4) is 0 Å². The average Bonchev–Trinajstić information content (AvgIpc) is 3.45. The molecule has 3 aromatic rings. The average molecular weight is 661 g/mol. The second-order valence-corrected chi connectivity index (χ2v) is 13.5. The van der Waals surface area contributed by atoms with Crippen molar-refractivity contribution in [3.8, 4) is 11.8 Å². The highest BCUT2D eigenvalue weighted by molar-refractivity contribution is 5.98. The number of benzene rings is 2. The number of halogens is 5. The zero-order valence-electron chi connectivity index (χ0n) is 26.6. The first-order valence-corrected chi connectivity index (χ1v) is 16.7. The molecule has 2 atom stereocenters. The van der Waals surface area contributed by atoms with Crippen LogP contribution in [0, 0.1) is 5.82 Å². The molecule has 4 aliphatic rings. The van der Waals surface area contributed by atoms with Gasteiger partial charge in [-0.15, -0.1) is 0 Å². The molecule has 2 aromatic carbocycles. The van der Waals surface area contributed by atoms with Gasteiger partial charge in [0.25, 0.3) is 0 Å². The first-order valence-electron chi connectivity index (χ1n) is 16.7. The van der Waals surface area contributed by atoms with E-state index in [0.29, 0.717) is 87.7 Å². The van der Waals surface area contributed by atoms with Crippen molar-refractivity contribution in [1.82, 2.24) is 19.8 Å². The number of hydrogen-bond donors (Lipinski definition) is 1. The van der Waals surface area contributed by atoms with E-state index in [4.69, 9.17) is 14.7 Å². The Labute approximate surface area is 271 Å². The van der Waals surface area contributed by atoms with E-state index in [2.05, 4.69) is 9.80 Å². The predicted octanol–water partition coefficient (Wildman–Crippen LogP) is 5.63. The van der Waals surface area contributed by atoms with E-state index < -0.39 is 24.4 Å². The maximum absolute atomic E-state index is 15.0. The third-order valence-corrected chi connectivity index (χ3v) is 10.4. The Morgan fingerprint density at radius 3 is 2.68 bits per heavy atom. The molecule has 0 bridgehead atoms. The molecule has 0 unspecified atom stereocenters. The largest absolute Gasteiger partial charge is 0.508 e. The fraction of sp³-hybridized carbons (Fsp3) is 0.588. The molecule has 47 heavy (non-hydrogen) atoms. The van der Waals surface area contributed by atoms with Crippen LogP contribution >= 0.6 is 0 Å². The summed E-state index contributed by atoms with van der Waals surface area (Å²) in [5.41, 5.74) is 2.52. The van der Waals surface area contributed by atoms with E-state index in [1.165, 1.54) is 11.0 Å². The lowest BCUT2D eigenvalue weighted by atomic mass is 9.95. The Morgan fingerprint density at radius 1 is 1.02 bits per heavy atom. The van der Waals surface area contributed by atoms with E-state index in [-0.39, 0.29) is 30.7 Å². The first kappa shape index (κ1) is 32.1. The number of anilines is 2. The highest BCUT2D eigenvalue weighted by Crippen LogP contribution is 2.42. The van der Waals surface area contributed by atoms with Gasteiger partial charge >= 0.3 is 12.2 Å². The summed E-state index contributed by atoms with van der Waals surface area (Å²) in [6.45, 7) is 4.83. The molecule has 5 heterocycles. The van der Waals surface area contributed by atoms with Gasteiger partial charge in [-0.2, -0.15) is 23.1 Å². The van der Waals surface area contributed by atoms with Gasteiger partial charge in [-0.05, 0) is 61.7 Å². The fourth-order valence-electron chi connectivity index (χ4n) is 8.23. The Kier molecular flexibility index (Phi) is 8.57. The summed E-state index contributed by atoms with van der Waals surface area (Å²) in [7, 11) is 0. The molecule has 254 valence electrons. The van der Waals surface area contributed by atoms with Gasteiger partial charge in [-0.1, -0.05) is 13.0 Å². The smallest absolute Gasteiger partial charge is 0.401 e. The quantitative estimate of drug-likeness (QED) is 0.328. The lowest BCUT2D eigenvalue weighted by molar-refractivity contribution is -0.145. The number of ether oxygens (including phenoxy) is 1. The van der Waals surface area contributed by atoms with Gasteiger partial charge in [-0.25, -0.2) is 8.78 Å². The van der Waals surface area contributed by atoms with E-state index in [0.717, 1.165) is 35.7 Å². The summed E-state index contributed by atoms with van der Waals surface area (Å²) in [4.78, 5) is 17.5. The Balaban J connectivity index is 1.23. The number of rotatable bonds is 7. The second kappa shape index (κ2) is 12.5. The molecular formula is C34H41F5N6O2. The molecular weight excluding hydrogens is 619 g/mol. The van der Waals surface area contributed by atoms with Crippen LogP contribution in [0.25, 0.3) is 10.8 Å². The van der Waals surface area contributed by atoms with E-state index in [1.54, 1.807) is 18.2 Å².